The maximum Gasteiger partial charge on any atom is 0.329 e. The van der Waals surface area contributed by atoms with Crippen LogP contribution in [0.15, 0.2) is 85.2 Å². The maximum absolute atomic E-state index is 16.5. The van der Waals surface area contributed by atoms with E-state index in [1.165, 1.54) is 31.2 Å². The molecule has 0 fully saturated rings. The number of aryl methyl sites for hydroxylation is 1. The van der Waals surface area contributed by atoms with Crippen molar-refractivity contribution in [3.63, 3.8) is 0 Å². The molecule has 0 spiro atoms. The smallest absolute Gasteiger partial charge is 0.329 e. The number of nitriles is 1. The number of esters is 1. The van der Waals surface area contributed by atoms with Crippen LogP contribution in [0.2, 0.25) is 0 Å². The minimum atomic E-state index is -1.65. The number of likely N-dealkylation sites (N-methyl/N-ethyl adjacent to an activating group) is 1. The highest BCUT2D eigenvalue weighted by molar-refractivity contribution is 5.85. The molecule has 0 aliphatic rings. The summed E-state index contributed by atoms with van der Waals surface area (Å²) in [4.78, 5) is 33.7. The van der Waals surface area contributed by atoms with Crippen molar-refractivity contribution in [2.45, 2.75) is 26.0 Å². The Balaban J connectivity index is 1.61. The van der Waals surface area contributed by atoms with Gasteiger partial charge in [0.25, 0.3) is 11.8 Å². The molecule has 0 aliphatic heterocycles. The van der Waals surface area contributed by atoms with E-state index in [4.69, 9.17) is 18.9 Å². The molecular weight excluding hydrogens is 652 g/mol. The molecule has 256 valence electrons. The number of rotatable bonds is 14. The Hall–Kier alpha value is -6.49. The lowest BCUT2D eigenvalue weighted by Crippen LogP contribution is -2.42. The molecule has 1 atom stereocenters. The van der Waals surface area contributed by atoms with Gasteiger partial charge in [0.1, 0.15) is 29.9 Å². The van der Waals surface area contributed by atoms with E-state index in [-0.39, 0.29) is 36.0 Å². The second-order valence-corrected chi connectivity index (χ2v) is 10.8. The Morgan fingerprint density at radius 2 is 1.74 bits per heavy atom. The summed E-state index contributed by atoms with van der Waals surface area (Å²) in [5.41, 5.74) is 0.680. The quantitative estimate of drug-likeness (QED) is 0.126. The molecule has 2 heterocycles. The lowest BCUT2D eigenvalue weighted by atomic mass is 10.1. The van der Waals surface area contributed by atoms with Crippen molar-refractivity contribution < 1.29 is 42.4 Å². The van der Waals surface area contributed by atoms with Crippen LogP contribution in [-0.2, 0) is 28.0 Å². The molecule has 2 aromatic heterocycles. The van der Waals surface area contributed by atoms with Gasteiger partial charge in [-0.15, -0.1) is 0 Å². The molecule has 50 heavy (non-hydrogen) atoms. The Bertz CT molecular complexity index is 2050. The molecule has 0 radical (unpaired) electrons. The van der Waals surface area contributed by atoms with Gasteiger partial charge in [-0.05, 0) is 36.8 Å². The zero-order chi connectivity index (χ0) is 35.8. The van der Waals surface area contributed by atoms with Crippen molar-refractivity contribution >= 4 is 17.6 Å². The minimum absolute atomic E-state index is 0.0908. The lowest BCUT2D eigenvalue weighted by molar-refractivity contribution is -0.149. The van der Waals surface area contributed by atoms with E-state index in [9.17, 15) is 20.0 Å². The molecule has 3 aromatic carbocycles. The van der Waals surface area contributed by atoms with Crippen LogP contribution >= 0.6 is 0 Å². The predicted molar refractivity (Wildman–Crippen MR) is 176 cm³/mol. The fourth-order valence-corrected chi connectivity index (χ4v) is 4.94. The first-order valence-electron chi connectivity index (χ1n) is 15.2. The van der Waals surface area contributed by atoms with E-state index < -0.39 is 53.5 Å². The van der Waals surface area contributed by atoms with Crippen LogP contribution < -0.4 is 19.1 Å². The Kier molecular flexibility index (Phi) is 10.9. The third kappa shape index (κ3) is 7.96. The van der Waals surface area contributed by atoms with Crippen molar-refractivity contribution in [2.75, 3.05) is 18.6 Å². The van der Waals surface area contributed by atoms with E-state index in [0.29, 0.717) is 11.4 Å². The number of halogens is 2. The van der Waals surface area contributed by atoms with Crippen LogP contribution in [0.1, 0.15) is 24.5 Å². The van der Waals surface area contributed by atoms with Gasteiger partial charge in [-0.2, -0.15) is 19.0 Å². The monoisotopic (exact) mass is 683 g/mol. The molecule has 0 amide bonds. The van der Waals surface area contributed by atoms with Crippen molar-refractivity contribution in [1.82, 2.24) is 14.5 Å². The van der Waals surface area contributed by atoms with Gasteiger partial charge in [0, 0.05) is 38.1 Å². The Morgan fingerprint density at radius 1 is 1.00 bits per heavy atom. The number of hydrogen-bond donors (Lipinski definition) is 1. The minimum Gasteiger partial charge on any atom is -0.485 e. The van der Waals surface area contributed by atoms with Crippen LogP contribution in [0, 0.1) is 23.0 Å². The first-order chi connectivity index (χ1) is 24.1. The van der Waals surface area contributed by atoms with Gasteiger partial charge in [0.05, 0.1) is 24.7 Å². The van der Waals surface area contributed by atoms with Gasteiger partial charge in [-0.1, -0.05) is 42.5 Å². The van der Waals surface area contributed by atoms with Gasteiger partial charge in [0.15, 0.2) is 11.5 Å². The number of aromatic nitrogens is 3. The maximum atomic E-state index is 16.5. The predicted octanol–water partition coefficient (Wildman–Crippen LogP) is 6.64. The molecule has 5 aromatic rings. The fraction of sp³-hybridized carbons (Fsp3) is 0.194. The number of nitrogens with zero attached hydrogens (tertiary/aromatic N) is 5. The van der Waals surface area contributed by atoms with Crippen LogP contribution in [-0.4, -0.2) is 51.3 Å². The summed E-state index contributed by atoms with van der Waals surface area (Å²) < 4.78 is 57.3. The van der Waals surface area contributed by atoms with Crippen molar-refractivity contribution in [2.24, 2.45) is 7.05 Å². The highest BCUT2D eigenvalue weighted by Crippen LogP contribution is 2.41. The molecule has 0 aliphatic carbocycles. The Labute approximate surface area is 285 Å². The molecule has 1 N–H and O–H groups in total. The number of benzene rings is 3. The summed E-state index contributed by atoms with van der Waals surface area (Å²) in [5, 5.41) is 19.1. The largest absolute Gasteiger partial charge is 0.485 e. The second kappa shape index (κ2) is 15.6. The van der Waals surface area contributed by atoms with E-state index in [2.05, 4.69) is 9.97 Å². The standard InChI is InChI=1S/C36H31F2N5O7/c1-4-47-36(46)26(19-29(44)45)43(3)32-30(37)34(49-25-12-8-11-24(18-25)33-40-15-16-42(33)2)41-35(31(32)38)50-28-17-23(20-39)13-14-27(28)48-21-22-9-6-5-7-10-22/h5-18,26H,4,19,21H2,1-3H3,(H,44,45). The summed E-state index contributed by atoms with van der Waals surface area (Å²) in [7, 11) is 2.92. The molecule has 1 unspecified atom stereocenters. The first-order valence-corrected chi connectivity index (χ1v) is 15.2. The number of carbonyl (C=O) groups is 2. The second-order valence-electron chi connectivity index (χ2n) is 10.8. The van der Waals surface area contributed by atoms with E-state index in [1.807, 2.05) is 36.4 Å². The average Bonchev–Trinajstić information content (AvgIpc) is 3.54. The first kappa shape index (κ1) is 34.8. The van der Waals surface area contributed by atoms with Crippen molar-refractivity contribution in [3.05, 3.63) is 108 Å². The van der Waals surface area contributed by atoms with Crippen molar-refractivity contribution in [3.8, 4) is 46.5 Å². The lowest BCUT2D eigenvalue weighted by Gasteiger charge is -2.28. The number of carboxylic acids is 1. The number of aliphatic carboxylic acids is 1. The van der Waals surface area contributed by atoms with E-state index in [1.54, 1.807) is 42.2 Å². The number of ether oxygens (including phenoxy) is 4. The van der Waals surface area contributed by atoms with Gasteiger partial charge in [-0.25, -0.2) is 9.78 Å². The third-order valence-corrected chi connectivity index (χ3v) is 7.39. The molecule has 0 bridgehead atoms. The molecular formula is C36H31F2N5O7. The van der Waals surface area contributed by atoms with Gasteiger partial charge >= 0.3 is 11.9 Å². The van der Waals surface area contributed by atoms with Gasteiger partial charge < -0.3 is 33.5 Å². The topological polar surface area (TPSA) is 149 Å². The Morgan fingerprint density at radius 3 is 2.40 bits per heavy atom. The number of pyridine rings is 1. The summed E-state index contributed by atoms with van der Waals surface area (Å²) in [6.45, 7) is 1.49. The summed E-state index contributed by atoms with van der Waals surface area (Å²) in [6, 6.07) is 20.2. The van der Waals surface area contributed by atoms with Crippen molar-refractivity contribution in [1.29, 1.82) is 5.26 Å². The van der Waals surface area contributed by atoms with Crippen LogP contribution in [0.4, 0.5) is 14.5 Å². The summed E-state index contributed by atoms with van der Waals surface area (Å²) in [5.74, 6) is -6.14. The van der Waals surface area contributed by atoms with E-state index >= 15 is 8.78 Å². The number of imidazole rings is 1. The highest BCUT2D eigenvalue weighted by Gasteiger charge is 2.35. The number of carboxylic acid groups (broad SMARTS) is 1. The average molecular weight is 684 g/mol. The number of hydrogen-bond acceptors (Lipinski definition) is 10. The van der Waals surface area contributed by atoms with Gasteiger partial charge in [-0.3, -0.25) is 4.79 Å². The van der Waals surface area contributed by atoms with E-state index in [0.717, 1.165) is 17.5 Å². The fourth-order valence-electron chi connectivity index (χ4n) is 4.94. The molecule has 5 rings (SSSR count). The normalized spacial score (nSPS) is 11.3. The highest BCUT2D eigenvalue weighted by atomic mass is 19.1. The summed E-state index contributed by atoms with van der Waals surface area (Å²) in [6.07, 6.45) is 2.49. The molecule has 0 saturated carbocycles. The number of carbonyl (C=O) groups excluding carboxylic acids is 1. The summed E-state index contributed by atoms with van der Waals surface area (Å²) >= 11 is 0. The van der Waals surface area contributed by atoms with Crippen LogP contribution in [0.3, 0.4) is 0 Å². The number of anilines is 1. The molecule has 0 saturated heterocycles. The molecule has 14 heteroatoms. The third-order valence-electron chi connectivity index (χ3n) is 7.39. The SMILES string of the molecule is CCOC(=O)C(CC(=O)O)N(C)c1c(F)c(Oc2cccc(-c3nccn3C)c2)nc(Oc2cc(C#N)ccc2OCc2ccccc2)c1F. The zero-order valence-corrected chi connectivity index (χ0v) is 27.2. The van der Waals surface area contributed by atoms with Gasteiger partial charge in [0.2, 0.25) is 11.6 Å². The molecule has 12 nitrogen and oxygen atoms in total. The van der Waals surface area contributed by atoms with Crippen LogP contribution in [0.25, 0.3) is 11.4 Å². The zero-order valence-electron chi connectivity index (χ0n) is 27.2. The van der Waals surface area contributed by atoms with Crippen LogP contribution in [0.5, 0.6) is 29.0 Å².